The van der Waals surface area contributed by atoms with Crippen molar-refractivity contribution in [3.63, 3.8) is 0 Å². The molecule has 1 rings (SSSR count). The predicted octanol–water partition coefficient (Wildman–Crippen LogP) is 0.967. The number of esters is 1. The lowest BCUT2D eigenvalue weighted by Gasteiger charge is -2.31. The quantitative estimate of drug-likeness (QED) is 0.545. The number of hydrogen-bond donors (Lipinski definition) is 0. The fraction of sp³-hybridized carbons (Fsp3) is 0.833. The fourth-order valence-corrected chi connectivity index (χ4v) is 1.87. The number of rotatable bonds is 4. The van der Waals surface area contributed by atoms with Gasteiger partial charge in [-0.25, -0.2) is 4.79 Å². The number of ether oxygens (including phenoxy) is 2. The lowest BCUT2D eigenvalue weighted by molar-refractivity contribution is -0.161. The molecular weight excluding hydrogens is 222 g/mol. The van der Waals surface area contributed by atoms with E-state index in [2.05, 4.69) is 0 Å². The molecule has 1 aliphatic rings. The maximum absolute atomic E-state index is 11.7. The molecule has 0 aromatic heterocycles. The van der Waals surface area contributed by atoms with E-state index in [9.17, 15) is 9.59 Å². The van der Waals surface area contributed by atoms with Gasteiger partial charge < -0.3 is 14.4 Å². The smallest absolute Gasteiger partial charge is 0.397 e. The zero-order valence-corrected chi connectivity index (χ0v) is 10.6. The second-order valence-corrected chi connectivity index (χ2v) is 4.11. The SMILES string of the molecule is CCCOC1CCCN(C(=O)C(=O)OCC)C1. The van der Waals surface area contributed by atoms with Crippen LogP contribution in [0.4, 0.5) is 0 Å². The third-order valence-electron chi connectivity index (χ3n) is 2.67. The summed E-state index contributed by atoms with van der Waals surface area (Å²) in [5.74, 6) is -1.31. The summed E-state index contributed by atoms with van der Waals surface area (Å²) in [6.07, 6.45) is 2.84. The van der Waals surface area contributed by atoms with Gasteiger partial charge in [0.1, 0.15) is 0 Å². The zero-order chi connectivity index (χ0) is 12.7. The van der Waals surface area contributed by atoms with Gasteiger partial charge in [-0.1, -0.05) is 6.92 Å². The van der Waals surface area contributed by atoms with Gasteiger partial charge in [-0.3, -0.25) is 4.79 Å². The summed E-state index contributed by atoms with van der Waals surface area (Å²) in [5.41, 5.74) is 0. The van der Waals surface area contributed by atoms with Crippen molar-refractivity contribution >= 4 is 11.9 Å². The number of amides is 1. The van der Waals surface area contributed by atoms with E-state index < -0.39 is 11.9 Å². The molecule has 0 aromatic carbocycles. The topological polar surface area (TPSA) is 55.8 Å². The minimum Gasteiger partial charge on any atom is -0.459 e. The Morgan fingerprint density at radius 2 is 2.12 bits per heavy atom. The average molecular weight is 243 g/mol. The molecule has 17 heavy (non-hydrogen) atoms. The van der Waals surface area contributed by atoms with E-state index in [4.69, 9.17) is 9.47 Å². The number of hydrogen-bond acceptors (Lipinski definition) is 4. The highest BCUT2D eigenvalue weighted by molar-refractivity contribution is 6.32. The lowest BCUT2D eigenvalue weighted by Crippen LogP contribution is -2.46. The van der Waals surface area contributed by atoms with Crippen LogP contribution in [0.2, 0.25) is 0 Å². The monoisotopic (exact) mass is 243 g/mol. The Kier molecular flexibility index (Phi) is 5.97. The van der Waals surface area contributed by atoms with Crippen LogP contribution in [0, 0.1) is 0 Å². The second kappa shape index (κ2) is 7.27. The van der Waals surface area contributed by atoms with Crippen LogP contribution in [0.5, 0.6) is 0 Å². The maximum Gasteiger partial charge on any atom is 0.397 e. The molecule has 0 saturated carbocycles. The van der Waals surface area contributed by atoms with Gasteiger partial charge in [-0.05, 0) is 26.2 Å². The predicted molar refractivity (Wildman–Crippen MR) is 62.5 cm³/mol. The standard InChI is InChI=1S/C12H21NO4/c1-3-8-17-10-6-5-7-13(9-10)11(14)12(15)16-4-2/h10H,3-9H2,1-2H3. The Hall–Kier alpha value is -1.10. The molecule has 1 fully saturated rings. The minimum absolute atomic E-state index is 0.0575. The van der Waals surface area contributed by atoms with E-state index in [1.54, 1.807) is 6.92 Å². The Morgan fingerprint density at radius 3 is 2.76 bits per heavy atom. The molecule has 0 N–H and O–H groups in total. The molecule has 1 heterocycles. The molecule has 0 bridgehead atoms. The van der Waals surface area contributed by atoms with Crippen molar-refractivity contribution in [3.8, 4) is 0 Å². The van der Waals surface area contributed by atoms with Gasteiger partial charge in [0.05, 0.1) is 12.7 Å². The first-order valence-corrected chi connectivity index (χ1v) is 6.26. The Labute approximate surface area is 102 Å². The number of likely N-dealkylation sites (tertiary alicyclic amines) is 1. The minimum atomic E-state index is -0.761. The van der Waals surface area contributed by atoms with E-state index in [0.717, 1.165) is 19.3 Å². The van der Waals surface area contributed by atoms with Crippen LogP contribution < -0.4 is 0 Å². The third kappa shape index (κ3) is 4.34. The molecule has 5 heteroatoms. The van der Waals surface area contributed by atoms with Gasteiger partial charge in [0.25, 0.3) is 0 Å². The van der Waals surface area contributed by atoms with Crippen LogP contribution in [-0.4, -0.2) is 49.2 Å². The summed E-state index contributed by atoms with van der Waals surface area (Å²) in [5, 5.41) is 0. The highest BCUT2D eigenvalue weighted by Crippen LogP contribution is 2.14. The van der Waals surface area contributed by atoms with Gasteiger partial charge >= 0.3 is 11.9 Å². The molecule has 0 radical (unpaired) electrons. The molecule has 0 aromatic rings. The van der Waals surface area contributed by atoms with Gasteiger partial charge in [0.15, 0.2) is 0 Å². The van der Waals surface area contributed by atoms with Crippen molar-refractivity contribution < 1.29 is 19.1 Å². The molecule has 5 nitrogen and oxygen atoms in total. The molecule has 1 unspecified atom stereocenters. The first kappa shape index (κ1) is 14.0. The first-order chi connectivity index (χ1) is 8.19. The van der Waals surface area contributed by atoms with E-state index in [0.29, 0.717) is 19.7 Å². The zero-order valence-electron chi connectivity index (χ0n) is 10.6. The molecule has 0 spiro atoms. The Morgan fingerprint density at radius 1 is 1.35 bits per heavy atom. The van der Waals surface area contributed by atoms with E-state index in [-0.39, 0.29) is 12.7 Å². The Bertz CT molecular complexity index is 267. The second-order valence-electron chi connectivity index (χ2n) is 4.11. The highest BCUT2D eigenvalue weighted by atomic mass is 16.5. The third-order valence-corrected chi connectivity index (χ3v) is 2.67. The molecule has 1 amide bonds. The first-order valence-electron chi connectivity index (χ1n) is 6.26. The molecular formula is C12H21NO4. The van der Waals surface area contributed by atoms with Gasteiger partial charge in [-0.15, -0.1) is 0 Å². The largest absolute Gasteiger partial charge is 0.459 e. The molecule has 0 aliphatic carbocycles. The number of carbonyl (C=O) groups excluding carboxylic acids is 2. The molecule has 1 aliphatic heterocycles. The van der Waals surface area contributed by atoms with Gasteiger partial charge in [-0.2, -0.15) is 0 Å². The van der Waals surface area contributed by atoms with Crippen LogP contribution in [0.3, 0.4) is 0 Å². The highest BCUT2D eigenvalue weighted by Gasteiger charge is 2.28. The van der Waals surface area contributed by atoms with Crippen LogP contribution in [-0.2, 0) is 19.1 Å². The van der Waals surface area contributed by atoms with Crippen molar-refractivity contribution in [1.29, 1.82) is 0 Å². The van der Waals surface area contributed by atoms with Crippen molar-refractivity contribution in [2.45, 2.75) is 39.2 Å². The van der Waals surface area contributed by atoms with Gasteiger partial charge in [0, 0.05) is 19.7 Å². The van der Waals surface area contributed by atoms with Crippen LogP contribution >= 0.6 is 0 Å². The van der Waals surface area contributed by atoms with Crippen LogP contribution in [0.15, 0.2) is 0 Å². The fourth-order valence-electron chi connectivity index (χ4n) is 1.87. The van der Waals surface area contributed by atoms with Crippen molar-refractivity contribution in [2.75, 3.05) is 26.3 Å². The van der Waals surface area contributed by atoms with Crippen molar-refractivity contribution in [2.24, 2.45) is 0 Å². The average Bonchev–Trinajstić information content (AvgIpc) is 2.36. The van der Waals surface area contributed by atoms with Crippen LogP contribution in [0.25, 0.3) is 0 Å². The molecule has 1 saturated heterocycles. The van der Waals surface area contributed by atoms with Gasteiger partial charge in [0.2, 0.25) is 0 Å². The summed E-state index contributed by atoms with van der Waals surface area (Å²) in [7, 11) is 0. The van der Waals surface area contributed by atoms with Crippen LogP contribution in [0.1, 0.15) is 33.1 Å². The summed E-state index contributed by atoms with van der Waals surface area (Å²) in [4.78, 5) is 24.5. The maximum atomic E-state index is 11.7. The normalized spacial score (nSPS) is 20.1. The van der Waals surface area contributed by atoms with E-state index in [1.807, 2.05) is 6.92 Å². The number of carbonyl (C=O) groups is 2. The lowest BCUT2D eigenvalue weighted by atomic mass is 10.1. The molecule has 98 valence electrons. The summed E-state index contributed by atoms with van der Waals surface area (Å²) in [6, 6.07) is 0. The Balaban J connectivity index is 2.42. The summed E-state index contributed by atoms with van der Waals surface area (Å²) >= 11 is 0. The number of nitrogens with zero attached hydrogens (tertiary/aromatic N) is 1. The van der Waals surface area contributed by atoms with E-state index in [1.165, 1.54) is 4.90 Å². The summed E-state index contributed by atoms with van der Waals surface area (Å²) < 4.78 is 10.3. The van der Waals surface area contributed by atoms with Crippen molar-refractivity contribution in [1.82, 2.24) is 4.90 Å². The molecule has 1 atom stereocenters. The van der Waals surface area contributed by atoms with E-state index >= 15 is 0 Å². The number of piperidine rings is 1. The van der Waals surface area contributed by atoms with Crippen molar-refractivity contribution in [3.05, 3.63) is 0 Å². The summed E-state index contributed by atoms with van der Waals surface area (Å²) in [6.45, 7) is 5.78.